The third kappa shape index (κ3) is 3.01. The van der Waals surface area contributed by atoms with Gasteiger partial charge in [0.2, 0.25) is 0 Å². The van der Waals surface area contributed by atoms with Gasteiger partial charge in [0.1, 0.15) is 11.6 Å². The van der Waals surface area contributed by atoms with Gasteiger partial charge in [0, 0.05) is 5.56 Å². The van der Waals surface area contributed by atoms with Crippen molar-refractivity contribution in [2.45, 2.75) is 26.3 Å². The van der Waals surface area contributed by atoms with Crippen LogP contribution < -0.4 is 5.32 Å². The van der Waals surface area contributed by atoms with E-state index >= 15 is 0 Å². The molecular formula is C15H17F2NS. The summed E-state index contributed by atoms with van der Waals surface area (Å²) in [4.78, 5) is 0. The van der Waals surface area contributed by atoms with E-state index in [4.69, 9.17) is 0 Å². The van der Waals surface area contributed by atoms with E-state index in [-0.39, 0.29) is 5.56 Å². The summed E-state index contributed by atoms with van der Waals surface area (Å²) in [6.07, 6.45) is 0.912. The molecule has 1 nitrogen and oxygen atoms in total. The highest BCUT2D eigenvalue weighted by Gasteiger charge is 2.22. The van der Waals surface area contributed by atoms with E-state index in [2.05, 4.69) is 5.32 Å². The summed E-state index contributed by atoms with van der Waals surface area (Å²) in [7, 11) is 0. The van der Waals surface area contributed by atoms with Crippen molar-refractivity contribution in [1.82, 2.24) is 5.32 Å². The summed E-state index contributed by atoms with van der Waals surface area (Å²) >= 11 is 1.53. The Morgan fingerprint density at radius 1 is 1.26 bits per heavy atom. The first-order chi connectivity index (χ1) is 9.15. The van der Waals surface area contributed by atoms with Crippen molar-refractivity contribution in [2.75, 3.05) is 6.54 Å². The second-order valence-electron chi connectivity index (χ2n) is 4.54. The lowest BCUT2D eigenvalue weighted by Gasteiger charge is -2.20. The first kappa shape index (κ1) is 14.2. The van der Waals surface area contributed by atoms with E-state index in [0.717, 1.165) is 12.0 Å². The number of hydrogen-bond acceptors (Lipinski definition) is 2. The Morgan fingerprint density at radius 2 is 2.05 bits per heavy atom. The van der Waals surface area contributed by atoms with Crippen molar-refractivity contribution in [1.29, 1.82) is 0 Å². The molecule has 0 amide bonds. The van der Waals surface area contributed by atoms with Crippen LogP contribution in [0.3, 0.4) is 0 Å². The molecule has 2 aromatic rings. The number of thiophene rings is 1. The van der Waals surface area contributed by atoms with Gasteiger partial charge in [-0.15, -0.1) is 0 Å². The zero-order chi connectivity index (χ0) is 13.8. The van der Waals surface area contributed by atoms with Gasteiger partial charge in [0.25, 0.3) is 0 Å². The molecule has 0 radical (unpaired) electrons. The van der Waals surface area contributed by atoms with Crippen LogP contribution in [0.15, 0.2) is 29.0 Å². The topological polar surface area (TPSA) is 12.0 Å². The molecule has 0 spiro atoms. The molecule has 1 aromatic carbocycles. The van der Waals surface area contributed by atoms with E-state index < -0.39 is 17.7 Å². The monoisotopic (exact) mass is 281 g/mol. The molecule has 1 heterocycles. The van der Waals surface area contributed by atoms with E-state index in [9.17, 15) is 8.78 Å². The third-order valence-corrected chi connectivity index (χ3v) is 3.78. The molecule has 19 heavy (non-hydrogen) atoms. The van der Waals surface area contributed by atoms with Crippen LogP contribution in [0.4, 0.5) is 8.78 Å². The lowest BCUT2D eigenvalue weighted by molar-refractivity contribution is 0.500. The molecule has 1 aromatic heterocycles. The highest BCUT2D eigenvalue weighted by Crippen LogP contribution is 2.29. The van der Waals surface area contributed by atoms with Gasteiger partial charge in [-0.25, -0.2) is 8.78 Å². The summed E-state index contributed by atoms with van der Waals surface area (Å²) in [5.41, 5.74) is 1.49. The summed E-state index contributed by atoms with van der Waals surface area (Å²) in [6, 6.07) is 4.28. The molecule has 102 valence electrons. The van der Waals surface area contributed by atoms with Gasteiger partial charge < -0.3 is 5.32 Å². The Morgan fingerprint density at radius 3 is 2.68 bits per heavy atom. The van der Waals surface area contributed by atoms with Gasteiger partial charge in [0.05, 0.1) is 6.04 Å². The molecular weight excluding hydrogens is 264 g/mol. The van der Waals surface area contributed by atoms with Gasteiger partial charge in [-0.05, 0) is 53.9 Å². The highest BCUT2D eigenvalue weighted by molar-refractivity contribution is 7.08. The maximum atomic E-state index is 14.3. The Hall–Kier alpha value is -1.26. The van der Waals surface area contributed by atoms with Gasteiger partial charge in [-0.3, -0.25) is 0 Å². The number of halogens is 2. The van der Waals surface area contributed by atoms with Crippen molar-refractivity contribution in [3.05, 3.63) is 57.3 Å². The fraction of sp³-hybridized carbons (Fsp3) is 0.333. The quantitative estimate of drug-likeness (QED) is 0.855. The highest BCUT2D eigenvalue weighted by atomic mass is 32.1. The summed E-state index contributed by atoms with van der Waals surface area (Å²) in [5, 5.41) is 7.07. The van der Waals surface area contributed by atoms with Crippen LogP contribution in [0.25, 0.3) is 0 Å². The molecule has 4 heteroatoms. The van der Waals surface area contributed by atoms with Crippen LogP contribution in [-0.2, 0) is 0 Å². The molecule has 1 N–H and O–H groups in total. The fourth-order valence-corrected chi connectivity index (χ4v) is 2.74. The predicted octanol–water partition coefficient (Wildman–Crippen LogP) is 4.42. The molecule has 0 aliphatic rings. The van der Waals surface area contributed by atoms with E-state index in [0.29, 0.717) is 12.1 Å². The average Bonchev–Trinajstić information content (AvgIpc) is 2.92. The molecule has 0 aliphatic heterocycles. The molecule has 0 fully saturated rings. The van der Waals surface area contributed by atoms with Gasteiger partial charge in [-0.2, -0.15) is 11.3 Å². The van der Waals surface area contributed by atoms with Crippen LogP contribution >= 0.6 is 11.3 Å². The molecule has 0 saturated heterocycles. The number of rotatable bonds is 5. The van der Waals surface area contributed by atoms with Crippen molar-refractivity contribution < 1.29 is 8.78 Å². The van der Waals surface area contributed by atoms with Crippen LogP contribution in [-0.4, -0.2) is 6.54 Å². The first-order valence-corrected chi connectivity index (χ1v) is 7.29. The number of hydrogen-bond donors (Lipinski definition) is 1. The second kappa shape index (κ2) is 6.26. The van der Waals surface area contributed by atoms with Gasteiger partial charge in [-0.1, -0.05) is 13.0 Å². The van der Waals surface area contributed by atoms with E-state index in [1.54, 1.807) is 6.92 Å². The Labute approximate surface area is 116 Å². The zero-order valence-corrected chi connectivity index (χ0v) is 11.9. The Balaban J connectivity index is 2.46. The molecule has 0 aliphatic carbocycles. The average molecular weight is 281 g/mol. The summed E-state index contributed by atoms with van der Waals surface area (Å²) < 4.78 is 28.3. The second-order valence-corrected chi connectivity index (χ2v) is 5.32. The summed E-state index contributed by atoms with van der Waals surface area (Å²) in [5.74, 6) is -0.956. The summed E-state index contributed by atoms with van der Waals surface area (Å²) in [6.45, 7) is 4.40. The van der Waals surface area contributed by atoms with Crippen molar-refractivity contribution in [3.63, 3.8) is 0 Å². The first-order valence-electron chi connectivity index (χ1n) is 6.35. The zero-order valence-electron chi connectivity index (χ0n) is 11.0. The standard InChI is InChI=1S/C15H17F2NS/c1-3-7-18-15(11-6-8-19-9-11)13-12(16)5-4-10(2)14(13)17/h4-6,8-9,15,18H,3,7H2,1-2H3. The largest absolute Gasteiger partial charge is 0.306 e. The maximum Gasteiger partial charge on any atom is 0.134 e. The normalized spacial score (nSPS) is 12.6. The molecule has 0 saturated carbocycles. The number of aryl methyl sites for hydroxylation is 1. The molecule has 1 atom stereocenters. The number of nitrogens with one attached hydrogen (secondary N) is 1. The molecule has 1 unspecified atom stereocenters. The van der Waals surface area contributed by atoms with Crippen LogP contribution in [0.2, 0.25) is 0 Å². The van der Waals surface area contributed by atoms with Crippen LogP contribution in [0.1, 0.15) is 36.1 Å². The van der Waals surface area contributed by atoms with Crippen molar-refractivity contribution in [3.8, 4) is 0 Å². The lowest BCUT2D eigenvalue weighted by Crippen LogP contribution is -2.25. The fourth-order valence-electron chi connectivity index (χ4n) is 2.06. The van der Waals surface area contributed by atoms with Crippen LogP contribution in [0.5, 0.6) is 0 Å². The molecule has 2 rings (SSSR count). The Kier molecular flexibility index (Phi) is 4.66. The predicted molar refractivity (Wildman–Crippen MR) is 75.6 cm³/mol. The number of benzene rings is 1. The molecule has 0 bridgehead atoms. The Bertz CT molecular complexity index is 537. The minimum atomic E-state index is -0.497. The smallest absolute Gasteiger partial charge is 0.134 e. The third-order valence-electron chi connectivity index (χ3n) is 3.08. The maximum absolute atomic E-state index is 14.3. The minimum absolute atomic E-state index is 0.117. The van der Waals surface area contributed by atoms with Gasteiger partial charge >= 0.3 is 0 Å². The van der Waals surface area contributed by atoms with Crippen molar-refractivity contribution >= 4 is 11.3 Å². The van der Waals surface area contributed by atoms with Crippen LogP contribution in [0, 0.1) is 18.6 Å². The van der Waals surface area contributed by atoms with E-state index in [1.807, 2.05) is 23.8 Å². The minimum Gasteiger partial charge on any atom is -0.306 e. The lowest BCUT2D eigenvalue weighted by atomic mass is 9.98. The van der Waals surface area contributed by atoms with Crippen molar-refractivity contribution in [2.24, 2.45) is 0 Å². The van der Waals surface area contributed by atoms with Gasteiger partial charge in [0.15, 0.2) is 0 Å². The SMILES string of the molecule is CCCNC(c1ccsc1)c1c(F)ccc(C)c1F. The van der Waals surface area contributed by atoms with E-state index in [1.165, 1.54) is 23.5 Å².